The summed E-state index contributed by atoms with van der Waals surface area (Å²) in [6.45, 7) is 4.60. The second-order valence-electron chi connectivity index (χ2n) is 4.77. The lowest BCUT2D eigenvalue weighted by atomic mass is 10.0. The summed E-state index contributed by atoms with van der Waals surface area (Å²) in [7, 11) is 0. The number of likely N-dealkylation sites (tertiary alicyclic amines) is 1. The van der Waals surface area contributed by atoms with Crippen molar-refractivity contribution in [3.05, 3.63) is 34.1 Å². The van der Waals surface area contributed by atoms with Crippen LogP contribution in [-0.4, -0.2) is 29.2 Å². The van der Waals surface area contributed by atoms with Gasteiger partial charge in [0.2, 0.25) is 0 Å². The molecule has 1 N–H and O–H groups in total. The van der Waals surface area contributed by atoms with Crippen LogP contribution in [0.4, 0.5) is 4.39 Å². The fourth-order valence-corrected chi connectivity index (χ4v) is 2.72. The Kier molecular flexibility index (Phi) is 4.17. The molecule has 1 aliphatic rings. The minimum atomic E-state index is -0.236. The minimum Gasteiger partial charge on any atom is -0.393 e. The van der Waals surface area contributed by atoms with E-state index in [0.717, 1.165) is 31.6 Å². The molecule has 0 bridgehead atoms. The molecule has 1 aliphatic heterocycles. The van der Waals surface area contributed by atoms with Crippen molar-refractivity contribution in [1.82, 2.24) is 4.90 Å². The van der Waals surface area contributed by atoms with E-state index in [1.54, 1.807) is 0 Å². The monoisotopic (exact) mass is 301 g/mol. The first kappa shape index (κ1) is 13.0. The van der Waals surface area contributed by atoms with Crippen LogP contribution in [0.1, 0.15) is 18.9 Å². The first-order valence-corrected chi connectivity index (χ1v) is 6.70. The van der Waals surface area contributed by atoms with Crippen LogP contribution in [-0.2, 0) is 6.54 Å². The summed E-state index contributed by atoms with van der Waals surface area (Å²) in [6.07, 6.45) is 0.806. The predicted octanol–water partition coefficient (Wildman–Crippen LogP) is 2.79. The van der Waals surface area contributed by atoms with Crippen LogP contribution in [0.5, 0.6) is 0 Å². The summed E-state index contributed by atoms with van der Waals surface area (Å²) in [5.74, 6) is 0.149. The van der Waals surface area contributed by atoms with Crippen LogP contribution in [0, 0.1) is 11.7 Å². The summed E-state index contributed by atoms with van der Waals surface area (Å²) in [5.41, 5.74) is 1.10. The van der Waals surface area contributed by atoms with Gasteiger partial charge in [-0.2, -0.15) is 0 Å². The molecule has 4 heteroatoms. The average molecular weight is 302 g/mol. The number of nitrogens with zero attached hydrogens (tertiary/aromatic N) is 1. The molecule has 2 rings (SSSR count). The molecule has 0 spiro atoms. The van der Waals surface area contributed by atoms with Gasteiger partial charge in [0.1, 0.15) is 5.82 Å². The van der Waals surface area contributed by atoms with E-state index >= 15 is 0 Å². The predicted molar refractivity (Wildman–Crippen MR) is 69.2 cm³/mol. The molecule has 1 aromatic carbocycles. The highest BCUT2D eigenvalue weighted by molar-refractivity contribution is 9.10. The summed E-state index contributed by atoms with van der Waals surface area (Å²) in [6, 6.07) is 5.13. The van der Waals surface area contributed by atoms with E-state index in [0.29, 0.717) is 10.4 Å². The highest BCUT2D eigenvalue weighted by Crippen LogP contribution is 2.23. The maximum absolute atomic E-state index is 13.1. The first-order valence-electron chi connectivity index (χ1n) is 5.90. The van der Waals surface area contributed by atoms with Crippen molar-refractivity contribution in [2.24, 2.45) is 5.92 Å². The minimum absolute atomic E-state index is 0.225. The van der Waals surface area contributed by atoms with E-state index in [2.05, 4.69) is 20.8 Å². The molecule has 0 amide bonds. The zero-order valence-electron chi connectivity index (χ0n) is 9.87. The second kappa shape index (κ2) is 5.46. The summed E-state index contributed by atoms with van der Waals surface area (Å²) >= 11 is 3.20. The molecule has 0 aliphatic carbocycles. The number of halogens is 2. The zero-order chi connectivity index (χ0) is 12.4. The van der Waals surface area contributed by atoms with Crippen molar-refractivity contribution < 1.29 is 9.50 Å². The van der Waals surface area contributed by atoms with Gasteiger partial charge in [-0.25, -0.2) is 4.39 Å². The van der Waals surface area contributed by atoms with E-state index in [-0.39, 0.29) is 11.9 Å². The number of aliphatic hydroxyl groups is 1. The van der Waals surface area contributed by atoms with Gasteiger partial charge < -0.3 is 5.11 Å². The molecule has 1 aromatic rings. The number of hydrogen-bond donors (Lipinski definition) is 1. The number of aliphatic hydroxyl groups excluding tert-OH is 1. The Bertz CT molecular complexity index is 397. The van der Waals surface area contributed by atoms with Crippen LogP contribution in [0.3, 0.4) is 0 Å². The molecule has 0 aromatic heterocycles. The maximum Gasteiger partial charge on any atom is 0.137 e. The van der Waals surface area contributed by atoms with Crippen molar-refractivity contribution in [1.29, 1.82) is 0 Å². The normalized spacial score (nSPS) is 22.9. The Morgan fingerprint density at radius 3 is 2.94 bits per heavy atom. The lowest BCUT2D eigenvalue weighted by molar-refractivity contribution is 0.127. The molecule has 1 fully saturated rings. The van der Waals surface area contributed by atoms with E-state index in [4.69, 9.17) is 0 Å². The lowest BCUT2D eigenvalue weighted by Gasteiger charge is -2.17. The van der Waals surface area contributed by atoms with Crippen molar-refractivity contribution in [2.75, 3.05) is 13.1 Å². The molecule has 2 nitrogen and oxygen atoms in total. The van der Waals surface area contributed by atoms with E-state index in [1.165, 1.54) is 6.07 Å². The quantitative estimate of drug-likeness (QED) is 0.928. The van der Waals surface area contributed by atoms with Gasteiger partial charge in [0.05, 0.1) is 10.6 Å². The van der Waals surface area contributed by atoms with Crippen molar-refractivity contribution >= 4 is 15.9 Å². The Hall–Kier alpha value is -0.450. The van der Waals surface area contributed by atoms with Gasteiger partial charge in [0.25, 0.3) is 0 Å². The molecule has 2 atom stereocenters. The fourth-order valence-electron chi connectivity index (χ4n) is 2.30. The van der Waals surface area contributed by atoms with Gasteiger partial charge in [0.15, 0.2) is 0 Å². The molecule has 17 heavy (non-hydrogen) atoms. The number of hydrogen-bond acceptors (Lipinski definition) is 2. The molecule has 1 heterocycles. The second-order valence-corrected chi connectivity index (χ2v) is 5.63. The summed E-state index contributed by atoms with van der Waals surface area (Å²) < 4.78 is 13.6. The van der Waals surface area contributed by atoms with Gasteiger partial charge in [0, 0.05) is 13.1 Å². The number of rotatable bonds is 3. The van der Waals surface area contributed by atoms with Crippen molar-refractivity contribution in [3.8, 4) is 0 Å². The molecular weight excluding hydrogens is 285 g/mol. The van der Waals surface area contributed by atoms with Crippen LogP contribution in [0.15, 0.2) is 22.7 Å². The smallest absolute Gasteiger partial charge is 0.137 e. The topological polar surface area (TPSA) is 23.5 Å². The maximum atomic E-state index is 13.1. The standard InChI is InChI=1S/C13H17BrFNO/c1-9(17)11-4-5-16(8-11)7-10-2-3-13(15)12(14)6-10/h2-3,6,9,11,17H,4-5,7-8H2,1H3. The van der Waals surface area contributed by atoms with Crippen LogP contribution >= 0.6 is 15.9 Å². The molecule has 0 radical (unpaired) electrons. The molecule has 2 unspecified atom stereocenters. The molecule has 0 saturated carbocycles. The van der Waals surface area contributed by atoms with Crippen molar-refractivity contribution in [2.45, 2.75) is 26.0 Å². The number of benzene rings is 1. The van der Waals surface area contributed by atoms with Gasteiger partial charge >= 0.3 is 0 Å². The van der Waals surface area contributed by atoms with Crippen LogP contribution < -0.4 is 0 Å². The Morgan fingerprint density at radius 1 is 1.59 bits per heavy atom. The summed E-state index contributed by atoms with van der Waals surface area (Å²) in [5, 5.41) is 9.53. The van der Waals surface area contributed by atoms with Gasteiger partial charge in [-0.05, 0) is 59.4 Å². The summed E-state index contributed by atoms with van der Waals surface area (Å²) in [4.78, 5) is 2.30. The van der Waals surface area contributed by atoms with E-state index in [1.807, 2.05) is 19.1 Å². The SMILES string of the molecule is CC(O)C1CCN(Cc2ccc(F)c(Br)c2)C1. The van der Waals surface area contributed by atoms with Gasteiger partial charge in [-0.1, -0.05) is 6.07 Å². The zero-order valence-corrected chi connectivity index (χ0v) is 11.5. The van der Waals surface area contributed by atoms with Gasteiger partial charge in [-0.15, -0.1) is 0 Å². The van der Waals surface area contributed by atoms with Crippen LogP contribution in [0.25, 0.3) is 0 Å². The highest BCUT2D eigenvalue weighted by Gasteiger charge is 2.25. The Labute approximate surface area is 110 Å². The third-order valence-electron chi connectivity index (χ3n) is 3.38. The van der Waals surface area contributed by atoms with Gasteiger partial charge in [-0.3, -0.25) is 4.90 Å². The first-order chi connectivity index (χ1) is 8.06. The third kappa shape index (κ3) is 3.27. The highest BCUT2D eigenvalue weighted by atomic mass is 79.9. The van der Waals surface area contributed by atoms with E-state index in [9.17, 15) is 9.50 Å². The molecule has 94 valence electrons. The lowest BCUT2D eigenvalue weighted by Crippen LogP contribution is -2.23. The third-order valence-corrected chi connectivity index (χ3v) is 3.99. The van der Waals surface area contributed by atoms with Crippen molar-refractivity contribution in [3.63, 3.8) is 0 Å². The Balaban J connectivity index is 1.96. The average Bonchev–Trinajstić information content (AvgIpc) is 2.72. The van der Waals surface area contributed by atoms with Crippen LogP contribution in [0.2, 0.25) is 0 Å². The largest absolute Gasteiger partial charge is 0.393 e. The molecular formula is C13H17BrFNO. The fraction of sp³-hybridized carbons (Fsp3) is 0.538. The van der Waals surface area contributed by atoms with E-state index < -0.39 is 0 Å². The molecule has 1 saturated heterocycles. The Morgan fingerprint density at radius 2 is 2.35 bits per heavy atom.